The van der Waals surface area contributed by atoms with E-state index in [1.54, 1.807) is 37.3 Å². The minimum absolute atomic E-state index is 0.0698. The van der Waals surface area contributed by atoms with Crippen LogP contribution < -0.4 is 25.4 Å². The highest BCUT2D eigenvalue weighted by atomic mass is 35.5. The van der Waals surface area contributed by atoms with Crippen LogP contribution >= 0.6 is 23.2 Å². The number of halogens is 3. The Balaban J connectivity index is 1.57. The number of carbonyl (C=O) groups excluding carboxylic acids is 1. The minimum Gasteiger partial charge on any atom is -0.494 e. The fourth-order valence-electron chi connectivity index (χ4n) is 2.89. The summed E-state index contributed by atoms with van der Waals surface area (Å²) in [5.74, 6) is -0.0149. The Morgan fingerprint density at radius 1 is 1.16 bits per heavy atom. The highest BCUT2D eigenvalue weighted by molar-refractivity contribution is 6.37. The van der Waals surface area contributed by atoms with Gasteiger partial charge < -0.3 is 25.4 Å². The van der Waals surface area contributed by atoms with Crippen LogP contribution in [0.4, 0.5) is 33.2 Å². The number of amides is 1. The number of methoxy groups -OCH3 is 1. The van der Waals surface area contributed by atoms with Crippen LogP contribution in [0.25, 0.3) is 0 Å². The zero-order valence-electron chi connectivity index (χ0n) is 16.3. The van der Waals surface area contributed by atoms with Crippen molar-refractivity contribution < 1.29 is 18.7 Å². The predicted octanol–water partition coefficient (Wildman–Crippen LogP) is 5.14. The van der Waals surface area contributed by atoms with Gasteiger partial charge in [-0.3, -0.25) is 4.79 Å². The van der Waals surface area contributed by atoms with Crippen LogP contribution in [0, 0.1) is 5.82 Å². The summed E-state index contributed by atoms with van der Waals surface area (Å²) in [6.07, 6.45) is 0.439. The molecule has 0 fully saturated rings. The first-order chi connectivity index (χ1) is 14.8. The van der Waals surface area contributed by atoms with Gasteiger partial charge in [0, 0.05) is 11.4 Å². The molecule has 0 bridgehead atoms. The fourth-order valence-corrected chi connectivity index (χ4v) is 3.54. The molecule has 1 atom stereocenters. The van der Waals surface area contributed by atoms with E-state index < -0.39 is 11.9 Å². The lowest BCUT2D eigenvalue weighted by Gasteiger charge is -2.23. The molecule has 1 amide bonds. The quantitative estimate of drug-likeness (QED) is 0.481. The molecule has 4 rings (SSSR count). The monoisotopic (exact) mass is 463 g/mol. The molecule has 1 aliphatic rings. The van der Waals surface area contributed by atoms with E-state index in [0.29, 0.717) is 38.6 Å². The molecule has 3 aromatic rings. The molecule has 0 aliphatic carbocycles. The van der Waals surface area contributed by atoms with E-state index in [2.05, 4.69) is 25.9 Å². The minimum atomic E-state index is -0.664. The Labute approximate surface area is 186 Å². The van der Waals surface area contributed by atoms with Crippen molar-refractivity contribution in [3.8, 4) is 11.5 Å². The molecule has 8 nitrogen and oxygen atoms in total. The van der Waals surface area contributed by atoms with E-state index in [-0.39, 0.29) is 17.7 Å². The SMILES string of the molecule is COc1c(Cl)cc(Nc2ncc(F)c(Nc3ccc4c(c3)NC(=O)[C@H](C)O4)n2)cc1Cl. The average Bonchev–Trinajstić information content (AvgIpc) is 2.71. The van der Waals surface area contributed by atoms with Gasteiger partial charge in [-0.2, -0.15) is 4.98 Å². The number of hydrogen-bond acceptors (Lipinski definition) is 7. The molecule has 0 radical (unpaired) electrons. The molecule has 0 saturated heterocycles. The number of anilines is 5. The number of nitrogens with zero attached hydrogens (tertiary/aromatic N) is 2. The fraction of sp³-hybridized carbons (Fsp3) is 0.150. The summed E-state index contributed by atoms with van der Waals surface area (Å²) in [5, 5.41) is 9.12. The molecule has 2 aromatic carbocycles. The molecule has 0 spiro atoms. The highest BCUT2D eigenvalue weighted by Crippen LogP contribution is 2.37. The lowest BCUT2D eigenvalue weighted by atomic mass is 10.2. The number of fused-ring (bicyclic) bond motifs is 1. The molecule has 1 aromatic heterocycles. The van der Waals surface area contributed by atoms with Crippen LogP contribution in [-0.4, -0.2) is 29.1 Å². The maximum Gasteiger partial charge on any atom is 0.265 e. The van der Waals surface area contributed by atoms with Crippen molar-refractivity contribution in [1.82, 2.24) is 9.97 Å². The first kappa shape index (κ1) is 21.0. The second-order valence-electron chi connectivity index (χ2n) is 6.57. The van der Waals surface area contributed by atoms with E-state index in [0.717, 1.165) is 6.20 Å². The maximum absolute atomic E-state index is 14.3. The molecular formula is C20H16Cl2FN5O3. The summed E-state index contributed by atoms with van der Waals surface area (Å²) in [6, 6.07) is 8.14. The Bertz CT molecular complexity index is 1150. The Kier molecular flexibility index (Phi) is 5.71. The summed E-state index contributed by atoms with van der Waals surface area (Å²) in [4.78, 5) is 19.9. The van der Waals surface area contributed by atoms with Crippen LogP contribution in [0.15, 0.2) is 36.5 Å². The van der Waals surface area contributed by atoms with Crippen LogP contribution in [0.1, 0.15) is 6.92 Å². The standard InChI is InChI=1S/C20H16Cl2FN5O3/c1-9-19(29)27-15-7-10(3-4-16(15)31-9)25-18-14(23)8-24-20(28-18)26-11-5-12(21)17(30-2)13(22)6-11/h3-9H,1-2H3,(H,27,29)(H2,24,25,26,28)/t9-/m0/s1. The second kappa shape index (κ2) is 8.44. The molecular weight excluding hydrogens is 448 g/mol. The average molecular weight is 464 g/mol. The van der Waals surface area contributed by atoms with Crippen molar-refractivity contribution in [2.75, 3.05) is 23.1 Å². The number of ether oxygens (including phenoxy) is 2. The summed E-state index contributed by atoms with van der Waals surface area (Å²) in [5.41, 5.74) is 1.47. The van der Waals surface area contributed by atoms with Crippen molar-refractivity contribution in [2.45, 2.75) is 13.0 Å². The van der Waals surface area contributed by atoms with Crippen molar-refractivity contribution >= 4 is 57.9 Å². The van der Waals surface area contributed by atoms with E-state index >= 15 is 0 Å². The number of aromatic nitrogens is 2. The van der Waals surface area contributed by atoms with Crippen molar-refractivity contribution in [1.29, 1.82) is 0 Å². The summed E-state index contributed by atoms with van der Waals surface area (Å²) < 4.78 is 24.9. The first-order valence-electron chi connectivity index (χ1n) is 9.05. The normalized spacial score (nSPS) is 14.9. The third kappa shape index (κ3) is 4.42. The number of nitrogens with one attached hydrogen (secondary N) is 3. The topological polar surface area (TPSA) is 97.4 Å². The number of hydrogen-bond donors (Lipinski definition) is 3. The van der Waals surface area contributed by atoms with Crippen LogP contribution in [0.2, 0.25) is 10.0 Å². The zero-order valence-corrected chi connectivity index (χ0v) is 17.8. The van der Waals surface area contributed by atoms with Gasteiger partial charge in [-0.05, 0) is 37.3 Å². The van der Waals surface area contributed by atoms with Crippen LogP contribution in [0.3, 0.4) is 0 Å². The van der Waals surface area contributed by atoms with Gasteiger partial charge in [0.15, 0.2) is 23.5 Å². The molecule has 2 heterocycles. The molecule has 0 saturated carbocycles. The number of rotatable bonds is 5. The van der Waals surface area contributed by atoms with E-state index in [1.165, 1.54) is 7.11 Å². The summed E-state index contributed by atoms with van der Waals surface area (Å²) in [6.45, 7) is 1.65. The second-order valence-corrected chi connectivity index (χ2v) is 7.39. The largest absolute Gasteiger partial charge is 0.494 e. The summed E-state index contributed by atoms with van der Waals surface area (Å²) in [7, 11) is 1.46. The van der Waals surface area contributed by atoms with Gasteiger partial charge in [-0.15, -0.1) is 0 Å². The van der Waals surface area contributed by atoms with Gasteiger partial charge in [0.2, 0.25) is 5.95 Å². The Morgan fingerprint density at radius 3 is 2.61 bits per heavy atom. The molecule has 160 valence electrons. The Hall–Kier alpha value is -3.30. The van der Waals surface area contributed by atoms with E-state index in [1.807, 2.05) is 0 Å². The van der Waals surface area contributed by atoms with Gasteiger partial charge in [0.05, 0.1) is 29.0 Å². The van der Waals surface area contributed by atoms with E-state index in [9.17, 15) is 9.18 Å². The van der Waals surface area contributed by atoms with E-state index in [4.69, 9.17) is 32.7 Å². The van der Waals surface area contributed by atoms with Crippen molar-refractivity contribution in [3.63, 3.8) is 0 Å². The number of benzene rings is 2. The molecule has 0 unspecified atom stereocenters. The Morgan fingerprint density at radius 2 is 1.90 bits per heavy atom. The molecule has 31 heavy (non-hydrogen) atoms. The first-order valence-corrected chi connectivity index (χ1v) is 9.81. The summed E-state index contributed by atoms with van der Waals surface area (Å²) >= 11 is 12.3. The van der Waals surface area contributed by atoms with Crippen LogP contribution in [0.5, 0.6) is 11.5 Å². The van der Waals surface area contributed by atoms with Gasteiger partial charge >= 0.3 is 0 Å². The molecule has 3 N–H and O–H groups in total. The zero-order chi connectivity index (χ0) is 22.1. The van der Waals surface area contributed by atoms with Gasteiger partial charge in [-0.25, -0.2) is 9.37 Å². The lowest BCUT2D eigenvalue weighted by Crippen LogP contribution is -2.34. The van der Waals surface area contributed by atoms with Gasteiger partial charge in [-0.1, -0.05) is 23.2 Å². The van der Waals surface area contributed by atoms with Crippen molar-refractivity contribution in [3.05, 3.63) is 52.4 Å². The van der Waals surface area contributed by atoms with Gasteiger partial charge in [0.25, 0.3) is 5.91 Å². The number of carbonyl (C=O) groups is 1. The lowest BCUT2D eigenvalue weighted by molar-refractivity contribution is -0.122. The van der Waals surface area contributed by atoms with Gasteiger partial charge in [0.1, 0.15) is 5.75 Å². The maximum atomic E-state index is 14.3. The third-order valence-electron chi connectivity index (χ3n) is 4.38. The third-order valence-corrected chi connectivity index (χ3v) is 4.94. The molecule has 1 aliphatic heterocycles. The highest BCUT2D eigenvalue weighted by Gasteiger charge is 2.23. The molecule has 11 heteroatoms. The predicted molar refractivity (Wildman–Crippen MR) is 117 cm³/mol. The van der Waals surface area contributed by atoms with Crippen LogP contribution in [-0.2, 0) is 4.79 Å². The smallest absolute Gasteiger partial charge is 0.265 e. The van der Waals surface area contributed by atoms with Crippen molar-refractivity contribution in [2.24, 2.45) is 0 Å².